The number of H-pyrrole nitrogens is 1. The second-order valence-corrected chi connectivity index (χ2v) is 6.22. The van der Waals surface area contributed by atoms with Gasteiger partial charge in [-0.05, 0) is 38.5 Å². The molecule has 150 valence electrons. The summed E-state index contributed by atoms with van der Waals surface area (Å²) in [6.07, 6.45) is -1.07. The Hall–Kier alpha value is -3.13. The molecule has 8 nitrogen and oxygen atoms in total. The number of anilines is 1. The number of aliphatic hydroxyl groups is 1. The number of ketones is 1. The van der Waals surface area contributed by atoms with Crippen LogP contribution in [0.25, 0.3) is 0 Å². The van der Waals surface area contributed by atoms with Gasteiger partial charge in [-0.2, -0.15) is 0 Å². The first-order valence-corrected chi connectivity index (χ1v) is 8.78. The Kier molecular flexibility index (Phi) is 6.94. The number of aromatic amines is 1. The van der Waals surface area contributed by atoms with E-state index >= 15 is 0 Å². The molecule has 2 aromatic rings. The molecule has 0 unspecified atom stereocenters. The fourth-order valence-corrected chi connectivity index (χ4v) is 2.89. The first kappa shape index (κ1) is 21.2. The molecule has 0 amide bonds. The zero-order valence-corrected chi connectivity index (χ0v) is 16.3. The molecule has 0 radical (unpaired) electrons. The third kappa shape index (κ3) is 4.40. The molecule has 1 atom stereocenters. The van der Waals surface area contributed by atoms with Crippen LogP contribution in [0.15, 0.2) is 24.3 Å². The summed E-state index contributed by atoms with van der Waals surface area (Å²) in [5.74, 6) is -1.67. The number of benzene rings is 1. The predicted octanol–water partition coefficient (Wildman–Crippen LogP) is 2.25. The monoisotopic (exact) mass is 388 g/mol. The molecule has 0 aliphatic rings. The lowest BCUT2D eigenvalue weighted by Gasteiger charge is -2.15. The summed E-state index contributed by atoms with van der Waals surface area (Å²) in [5, 5.41) is 11.9. The Morgan fingerprint density at radius 1 is 1.18 bits per heavy atom. The van der Waals surface area contributed by atoms with E-state index in [4.69, 9.17) is 14.6 Å². The summed E-state index contributed by atoms with van der Waals surface area (Å²) in [7, 11) is 1.27. The van der Waals surface area contributed by atoms with Crippen LogP contribution >= 0.6 is 0 Å². The largest absolute Gasteiger partial charge is 0.465 e. The summed E-state index contributed by atoms with van der Waals surface area (Å²) >= 11 is 0. The van der Waals surface area contributed by atoms with E-state index in [2.05, 4.69) is 10.3 Å². The minimum Gasteiger partial charge on any atom is -0.465 e. The minimum absolute atomic E-state index is 0.0910. The summed E-state index contributed by atoms with van der Waals surface area (Å²) in [5.41, 5.74) is 2.20. The number of aliphatic hydroxyl groups excluding tert-OH is 1. The minimum atomic E-state index is -1.07. The van der Waals surface area contributed by atoms with Gasteiger partial charge in [0.2, 0.25) is 5.78 Å². The second-order valence-electron chi connectivity index (χ2n) is 6.22. The molecule has 0 fully saturated rings. The third-order valence-electron chi connectivity index (χ3n) is 4.30. The van der Waals surface area contributed by atoms with Crippen LogP contribution in [-0.4, -0.2) is 54.2 Å². The number of aromatic nitrogens is 1. The van der Waals surface area contributed by atoms with Crippen molar-refractivity contribution in [3.8, 4) is 0 Å². The molecule has 1 aromatic carbocycles. The Morgan fingerprint density at radius 2 is 1.86 bits per heavy atom. The normalized spacial score (nSPS) is 11.6. The molecule has 0 bridgehead atoms. The molecule has 0 saturated heterocycles. The quantitative estimate of drug-likeness (QED) is 0.469. The van der Waals surface area contributed by atoms with Crippen molar-refractivity contribution in [1.29, 1.82) is 0 Å². The highest BCUT2D eigenvalue weighted by Gasteiger charge is 2.28. The van der Waals surface area contributed by atoms with Crippen molar-refractivity contribution in [2.75, 3.05) is 25.6 Å². The lowest BCUT2D eigenvalue weighted by molar-refractivity contribution is 0.0317. The summed E-state index contributed by atoms with van der Waals surface area (Å²) in [6, 6.07) is 6.66. The Balaban J connectivity index is 2.20. The average molecular weight is 388 g/mol. The number of hydrogen-bond acceptors (Lipinski definition) is 7. The zero-order valence-electron chi connectivity index (χ0n) is 16.3. The maximum atomic E-state index is 12.8. The fourth-order valence-electron chi connectivity index (χ4n) is 2.89. The highest BCUT2D eigenvalue weighted by molar-refractivity contribution is 6.05. The van der Waals surface area contributed by atoms with E-state index in [1.807, 2.05) is 0 Å². The summed E-state index contributed by atoms with van der Waals surface area (Å²) in [6.45, 7) is 4.95. The van der Waals surface area contributed by atoms with Crippen molar-refractivity contribution >= 4 is 23.4 Å². The lowest BCUT2D eigenvalue weighted by atomic mass is 10.1. The van der Waals surface area contributed by atoms with Gasteiger partial charge in [0.1, 0.15) is 0 Å². The first-order chi connectivity index (χ1) is 13.3. The molecule has 8 heteroatoms. The zero-order chi connectivity index (χ0) is 20.8. The number of aryl methyl sites for hydroxylation is 1. The molecule has 2 rings (SSSR count). The first-order valence-electron chi connectivity index (χ1n) is 8.78. The van der Waals surface area contributed by atoms with Crippen molar-refractivity contribution in [3.05, 3.63) is 52.3 Å². The van der Waals surface area contributed by atoms with Gasteiger partial charge in [0.15, 0.2) is 6.10 Å². The SMILES string of the molecule is COC(=O)c1c(C)[nH]c(C(=O)[C@@H](C)OC(=O)c2ccccc2NCCO)c1C. The van der Waals surface area contributed by atoms with Gasteiger partial charge in [0.25, 0.3) is 0 Å². The van der Waals surface area contributed by atoms with Gasteiger partial charge in [-0.3, -0.25) is 4.79 Å². The molecule has 0 aliphatic carbocycles. The number of rotatable bonds is 8. The summed E-state index contributed by atoms with van der Waals surface area (Å²) < 4.78 is 10.1. The lowest BCUT2D eigenvalue weighted by Crippen LogP contribution is -2.26. The summed E-state index contributed by atoms with van der Waals surface area (Å²) in [4.78, 5) is 40.0. The van der Waals surface area contributed by atoms with Crippen LogP contribution in [0.5, 0.6) is 0 Å². The number of Topliss-reactive ketones (excluding diaryl/α,β-unsaturated/α-hetero) is 1. The number of esters is 2. The molecule has 0 saturated carbocycles. The van der Waals surface area contributed by atoms with Gasteiger partial charge in [-0.1, -0.05) is 12.1 Å². The number of methoxy groups -OCH3 is 1. The molecule has 1 aromatic heterocycles. The Bertz CT molecular complexity index is 887. The molecule has 28 heavy (non-hydrogen) atoms. The number of para-hydroxylation sites is 1. The highest BCUT2D eigenvalue weighted by Crippen LogP contribution is 2.22. The van der Waals surface area contributed by atoms with Gasteiger partial charge in [0.05, 0.1) is 30.5 Å². The molecular formula is C20H24N2O6. The van der Waals surface area contributed by atoms with Crippen LogP contribution in [-0.2, 0) is 9.47 Å². The molecule has 1 heterocycles. The van der Waals surface area contributed by atoms with E-state index in [0.29, 0.717) is 22.5 Å². The van der Waals surface area contributed by atoms with Gasteiger partial charge < -0.3 is 24.9 Å². The van der Waals surface area contributed by atoms with E-state index in [9.17, 15) is 14.4 Å². The van der Waals surface area contributed by atoms with Gasteiger partial charge in [0, 0.05) is 17.9 Å². The number of ether oxygens (including phenoxy) is 2. The van der Waals surface area contributed by atoms with Crippen LogP contribution in [0, 0.1) is 13.8 Å². The molecule has 0 spiro atoms. The smallest absolute Gasteiger partial charge is 0.340 e. The average Bonchev–Trinajstić information content (AvgIpc) is 2.99. The van der Waals surface area contributed by atoms with Gasteiger partial charge in [-0.25, -0.2) is 9.59 Å². The predicted molar refractivity (Wildman–Crippen MR) is 103 cm³/mol. The van der Waals surface area contributed by atoms with Crippen molar-refractivity contribution in [1.82, 2.24) is 4.98 Å². The van der Waals surface area contributed by atoms with E-state index < -0.39 is 23.8 Å². The van der Waals surface area contributed by atoms with Crippen molar-refractivity contribution < 1.29 is 29.0 Å². The Morgan fingerprint density at radius 3 is 2.50 bits per heavy atom. The van der Waals surface area contributed by atoms with Crippen LogP contribution in [0.1, 0.15) is 49.4 Å². The van der Waals surface area contributed by atoms with Crippen LogP contribution in [0.4, 0.5) is 5.69 Å². The number of hydrogen-bond donors (Lipinski definition) is 3. The second kappa shape index (κ2) is 9.18. The maximum absolute atomic E-state index is 12.8. The van der Waals surface area contributed by atoms with E-state index in [1.165, 1.54) is 14.0 Å². The molecule has 3 N–H and O–H groups in total. The van der Waals surface area contributed by atoms with Crippen molar-refractivity contribution in [3.63, 3.8) is 0 Å². The van der Waals surface area contributed by atoms with Gasteiger partial charge in [-0.15, -0.1) is 0 Å². The number of nitrogens with one attached hydrogen (secondary N) is 2. The number of carbonyl (C=O) groups excluding carboxylic acids is 3. The van der Waals surface area contributed by atoms with Crippen LogP contribution < -0.4 is 5.32 Å². The van der Waals surface area contributed by atoms with E-state index in [0.717, 1.165) is 0 Å². The number of carbonyl (C=O) groups is 3. The van der Waals surface area contributed by atoms with Crippen molar-refractivity contribution in [2.24, 2.45) is 0 Å². The van der Waals surface area contributed by atoms with Crippen LogP contribution in [0.3, 0.4) is 0 Å². The van der Waals surface area contributed by atoms with E-state index in [-0.39, 0.29) is 24.4 Å². The highest BCUT2D eigenvalue weighted by atomic mass is 16.5. The fraction of sp³-hybridized carbons (Fsp3) is 0.350. The molecular weight excluding hydrogens is 364 g/mol. The van der Waals surface area contributed by atoms with Gasteiger partial charge >= 0.3 is 11.9 Å². The maximum Gasteiger partial charge on any atom is 0.340 e. The van der Waals surface area contributed by atoms with Crippen molar-refractivity contribution in [2.45, 2.75) is 26.9 Å². The Labute approximate surface area is 162 Å². The van der Waals surface area contributed by atoms with E-state index in [1.54, 1.807) is 38.1 Å². The van der Waals surface area contributed by atoms with Crippen LogP contribution in [0.2, 0.25) is 0 Å². The standard InChI is InChI=1S/C20H24N2O6/c1-11-16(20(26)27-4)12(2)22-17(11)18(24)13(3)28-19(25)14-7-5-6-8-15(14)21-9-10-23/h5-8,13,21-23H,9-10H2,1-4H3/t13-/m1/s1. The third-order valence-corrected chi connectivity index (χ3v) is 4.30. The molecule has 0 aliphatic heterocycles. The topological polar surface area (TPSA) is 118 Å².